The maximum absolute atomic E-state index is 11.8. The highest BCUT2D eigenvalue weighted by Gasteiger charge is 2.46. The van der Waals surface area contributed by atoms with Gasteiger partial charge in [0.05, 0.1) is 35.4 Å². The second kappa shape index (κ2) is 6.95. The highest BCUT2D eigenvalue weighted by Crippen LogP contribution is 2.39. The third-order valence-electron chi connectivity index (χ3n) is 4.86. The Morgan fingerprint density at radius 3 is 2.44 bits per heavy atom. The standard InChI is InChI=1S/C18H23Cl2NO4/c1-18(2,3)15-8-21(17(22)23)7-11(16(25-15)14-9-24-14)10-4-5-12(19)13(20)6-10/h4-6,11,14-16H,7-9H2,1-3H3,(H,22,23)/t11-,14-,15+,16+/m1/s1. The van der Waals surface area contributed by atoms with Crippen LogP contribution in [0.4, 0.5) is 4.79 Å². The van der Waals surface area contributed by atoms with E-state index in [2.05, 4.69) is 20.8 Å². The highest BCUT2D eigenvalue weighted by molar-refractivity contribution is 6.42. The molecule has 2 aliphatic heterocycles. The summed E-state index contributed by atoms with van der Waals surface area (Å²) in [5.74, 6) is -0.161. The summed E-state index contributed by atoms with van der Waals surface area (Å²) in [6, 6.07) is 5.42. The number of benzene rings is 1. The van der Waals surface area contributed by atoms with Gasteiger partial charge in [-0.25, -0.2) is 4.79 Å². The van der Waals surface area contributed by atoms with Crippen LogP contribution in [0.2, 0.25) is 10.0 Å². The number of ether oxygens (including phenoxy) is 2. The van der Waals surface area contributed by atoms with E-state index in [0.29, 0.717) is 29.7 Å². The van der Waals surface area contributed by atoms with Gasteiger partial charge in [-0.1, -0.05) is 50.0 Å². The molecule has 2 saturated heterocycles. The van der Waals surface area contributed by atoms with Gasteiger partial charge >= 0.3 is 6.09 Å². The molecule has 2 aliphatic rings. The molecule has 2 heterocycles. The van der Waals surface area contributed by atoms with Crippen molar-refractivity contribution < 1.29 is 19.4 Å². The van der Waals surface area contributed by atoms with Crippen molar-refractivity contribution in [2.24, 2.45) is 5.41 Å². The van der Waals surface area contributed by atoms with Crippen molar-refractivity contribution in [3.8, 4) is 0 Å². The van der Waals surface area contributed by atoms with Crippen LogP contribution in [0.1, 0.15) is 32.3 Å². The maximum Gasteiger partial charge on any atom is 0.407 e. The summed E-state index contributed by atoms with van der Waals surface area (Å²) in [7, 11) is 0. The highest BCUT2D eigenvalue weighted by atomic mass is 35.5. The number of nitrogens with zero attached hydrogens (tertiary/aromatic N) is 1. The molecule has 0 bridgehead atoms. The zero-order valence-corrected chi connectivity index (χ0v) is 16.0. The number of carboxylic acid groups (broad SMARTS) is 1. The second-order valence-corrected chi connectivity index (χ2v) is 8.61. The number of halogens is 2. The van der Waals surface area contributed by atoms with E-state index in [4.69, 9.17) is 32.7 Å². The summed E-state index contributed by atoms with van der Waals surface area (Å²) < 4.78 is 11.9. The van der Waals surface area contributed by atoms with Gasteiger partial charge in [0.15, 0.2) is 0 Å². The molecule has 0 unspecified atom stereocenters. The van der Waals surface area contributed by atoms with E-state index >= 15 is 0 Å². The van der Waals surface area contributed by atoms with Gasteiger partial charge in [-0.2, -0.15) is 0 Å². The molecule has 25 heavy (non-hydrogen) atoms. The van der Waals surface area contributed by atoms with Gasteiger partial charge in [-0.3, -0.25) is 0 Å². The fourth-order valence-corrected chi connectivity index (χ4v) is 3.51. The maximum atomic E-state index is 11.8. The SMILES string of the molecule is CC(C)(C)[C@@H]1CN(C(=O)O)C[C@H](c2ccc(Cl)c(Cl)c2)[C@@H]([C@H]2CO2)O1. The molecule has 2 fully saturated rings. The smallest absolute Gasteiger partial charge is 0.407 e. The minimum Gasteiger partial charge on any atom is -0.465 e. The Morgan fingerprint density at radius 2 is 1.92 bits per heavy atom. The summed E-state index contributed by atoms with van der Waals surface area (Å²) in [4.78, 5) is 13.2. The first kappa shape index (κ1) is 18.8. The van der Waals surface area contributed by atoms with E-state index in [-0.39, 0.29) is 29.6 Å². The van der Waals surface area contributed by atoms with E-state index in [1.54, 1.807) is 12.1 Å². The zero-order valence-electron chi connectivity index (χ0n) is 14.5. The number of carbonyl (C=O) groups is 1. The first-order valence-electron chi connectivity index (χ1n) is 8.36. The molecular formula is C18H23Cl2NO4. The third-order valence-corrected chi connectivity index (χ3v) is 5.59. The summed E-state index contributed by atoms with van der Waals surface area (Å²) in [6.07, 6.45) is -1.39. The number of epoxide rings is 1. The van der Waals surface area contributed by atoms with E-state index in [1.807, 2.05) is 6.07 Å². The van der Waals surface area contributed by atoms with Crippen LogP contribution in [0, 0.1) is 5.41 Å². The van der Waals surface area contributed by atoms with E-state index in [1.165, 1.54) is 4.90 Å². The summed E-state index contributed by atoms with van der Waals surface area (Å²) in [5.41, 5.74) is 0.726. The Labute approximate surface area is 157 Å². The molecule has 1 amide bonds. The molecule has 0 saturated carbocycles. The van der Waals surface area contributed by atoms with Crippen molar-refractivity contribution >= 4 is 29.3 Å². The van der Waals surface area contributed by atoms with Gasteiger partial charge in [0.1, 0.15) is 6.10 Å². The normalized spacial score (nSPS) is 30.0. The average molecular weight is 388 g/mol. The third kappa shape index (κ3) is 4.22. The minimum atomic E-state index is -0.944. The van der Waals surface area contributed by atoms with Crippen LogP contribution in [0.5, 0.6) is 0 Å². The average Bonchev–Trinajstić information content (AvgIpc) is 3.33. The molecule has 1 aromatic carbocycles. The van der Waals surface area contributed by atoms with Crippen molar-refractivity contribution in [1.29, 1.82) is 0 Å². The Bertz CT molecular complexity index is 657. The summed E-state index contributed by atoms with van der Waals surface area (Å²) >= 11 is 12.2. The van der Waals surface area contributed by atoms with Crippen molar-refractivity contribution in [1.82, 2.24) is 4.90 Å². The predicted octanol–water partition coefficient (Wildman–Crippen LogP) is 4.27. The molecule has 4 atom stereocenters. The molecule has 7 heteroatoms. The fraction of sp³-hybridized carbons (Fsp3) is 0.611. The van der Waals surface area contributed by atoms with Crippen LogP contribution in [0.25, 0.3) is 0 Å². The van der Waals surface area contributed by atoms with Gasteiger partial charge in [0, 0.05) is 12.5 Å². The van der Waals surface area contributed by atoms with Gasteiger partial charge in [-0.05, 0) is 23.1 Å². The number of hydrogen-bond acceptors (Lipinski definition) is 3. The van der Waals surface area contributed by atoms with Gasteiger partial charge < -0.3 is 19.5 Å². The molecule has 0 aliphatic carbocycles. The van der Waals surface area contributed by atoms with Crippen molar-refractivity contribution in [3.05, 3.63) is 33.8 Å². The van der Waals surface area contributed by atoms with Crippen LogP contribution in [0.3, 0.4) is 0 Å². The van der Waals surface area contributed by atoms with Gasteiger partial charge in [0.2, 0.25) is 0 Å². The molecule has 138 valence electrons. The Hall–Kier alpha value is -1.01. The lowest BCUT2D eigenvalue weighted by Gasteiger charge is -2.33. The van der Waals surface area contributed by atoms with Gasteiger partial charge in [0.25, 0.3) is 0 Å². The molecule has 0 spiro atoms. The predicted molar refractivity (Wildman–Crippen MR) is 96.7 cm³/mol. The lowest BCUT2D eigenvalue weighted by Crippen LogP contribution is -2.42. The van der Waals surface area contributed by atoms with Gasteiger partial charge in [-0.15, -0.1) is 0 Å². The van der Waals surface area contributed by atoms with Crippen LogP contribution < -0.4 is 0 Å². The first-order valence-corrected chi connectivity index (χ1v) is 9.12. The zero-order chi connectivity index (χ0) is 18.4. The molecule has 5 nitrogen and oxygen atoms in total. The summed E-state index contributed by atoms with van der Waals surface area (Å²) in [5, 5.41) is 10.6. The molecule has 1 aromatic rings. The number of rotatable bonds is 2. The molecule has 0 aromatic heterocycles. The summed E-state index contributed by atoms with van der Waals surface area (Å²) in [6.45, 7) is 7.47. The molecule has 0 radical (unpaired) electrons. The monoisotopic (exact) mass is 387 g/mol. The van der Waals surface area contributed by atoms with E-state index < -0.39 is 6.09 Å². The van der Waals surface area contributed by atoms with Crippen molar-refractivity contribution in [2.75, 3.05) is 19.7 Å². The molecule has 3 rings (SSSR count). The largest absolute Gasteiger partial charge is 0.465 e. The molecule has 1 N–H and O–H groups in total. The van der Waals surface area contributed by atoms with Crippen LogP contribution in [-0.2, 0) is 9.47 Å². The fourth-order valence-electron chi connectivity index (χ4n) is 3.21. The number of amides is 1. The Morgan fingerprint density at radius 1 is 1.24 bits per heavy atom. The Kier molecular flexibility index (Phi) is 5.22. The molecular weight excluding hydrogens is 365 g/mol. The van der Waals surface area contributed by atoms with Crippen molar-refractivity contribution in [3.63, 3.8) is 0 Å². The van der Waals surface area contributed by atoms with Crippen molar-refractivity contribution in [2.45, 2.75) is 45.0 Å². The quantitative estimate of drug-likeness (QED) is 0.769. The second-order valence-electron chi connectivity index (χ2n) is 7.79. The van der Waals surface area contributed by atoms with Crippen LogP contribution in [0.15, 0.2) is 18.2 Å². The van der Waals surface area contributed by atoms with Crippen LogP contribution >= 0.6 is 23.2 Å². The van der Waals surface area contributed by atoms with E-state index in [0.717, 1.165) is 5.56 Å². The lowest BCUT2D eigenvalue weighted by molar-refractivity contribution is -0.0747. The number of hydrogen-bond donors (Lipinski definition) is 1. The van der Waals surface area contributed by atoms with E-state index in [9.17, 15) is 9.90 Å². The lowest BCUT2D eigenvalue weighted by atomic mass is 9.88. The first-order chi connectivity index (χ1) is 11.7. The minimum absolute atomic E-state index is 0.0157. The Balaban J connectivity index is 1.98. The topological polar surface area (TPSA) is 62.3 Å². The van der Waals surface area contributed by atoms with Crippen LogP contribution in [-0.4, -0.2) is 54.1 Å².